The first-order valence-electron chi connectivity index (χ1n) is 13.9. The van der Waals surface area contributed by atoms with E-state index in [0.717, 1.165) is 75.7 Å². The fraction of sp³-hybridized carbons (Fsp3) is 0.355. The number of fused-ring (bicyclic) bond motifs is 3. The Bertz CT molecular complexity index is 1870. The molecule has 5 heterocycles. The number of rotatable bonds is 3. The lowest BCUT2D eigenvalue weighted by Gasteiger charge is -2.35. The molecule has 3 aromatic heterocycles. The standard InChI is InChI=1S/C31H31ClN6O2/c1-16(2)27-28(18(4)10-11-33-27)38-23-13-20(24-17(3)8-9-22-21(24)14-34-36-22)26(32)29-25(23)30(35-31(38)39)37-12-6-5-7-19(37)15-40-29/h8-11,13-14,16,19H,5-7,12,15H2,1-4H3,(H,34,36)/t19-/m0/s1. The van der Waals surface area contributed by atoms with Gasteiger partial charge < -0.3 is 9.64 Å². The van der Waals surface area contributed by atoms with E-state index in [2.05, 4.69) is 41.9 Å². The number of halogens is 1. The van der Waals surface area contributed by atoms with Gasteiger partial charge in [-0.2, -0.15) is 10.1 Å². The van der Waals surface area contributed by atoms with Gasteiger partial charge in [0, 0.05) is 23.7 Å². The lowest BCUT2D eigenvalue weighted by Crippen LogP contribution is -2.43. The van der Waals surface area contributed by atoms with E-state index in [0.29, 0.717) is 28.7 Å². The molecule has 204 valence electrons. The number of H-pyrrole nitrogens is 1. The van der Waals surface area contributed by atoms with E-state index in [1.165, 1.54) is 0 Å². The third-order valence-corrected chi connectivity index (χ3v) is 8.78. The molecule has 5 aromatic rings. The second-order valence-electron chi connectivity index (χ2n) is 11.3. The number of aromatic nitrogens is 5. The van der Waals surface area contributed by atoms with Crippen LogP contribution in [0.25, 0.3) is 38.6 Å². The second-order valence-corrected chi connectivity index (χ2v) is 11.7. The van der Waals surface area contributed by atoms with E-state index in [-0.39, 0.29) is 17.6 Å². The van der Waals surface area contributed by atoms with Crippen molar-refractivity contribution in [3.63, 3.8) is 0 Å². The van der Waals surface area contributed by atoms with Gasteiger partial charge in [-0.25, -0.2) is 4.79 Å². The van der Waals surface area contributed by atoms with Crippen molar-refractivity contribution in [1.82, 2.24) is 24.7 Å². The first kappa shape index (κ1) is 25.1. The molecule has 0 spiro atoms. The van der Waals surface area contributed by atoms with Crippen LogP contribution in [-0.2, 0) is 0 Å². The first-order valence-corrected chi connectivity index (χ1v) is 14.3. The van der Waals surface area contributed by atoms with Crippen molar-refractivity contribution in [3.8, 4) is 22.6 Å². The smallest absolute Gasteiger partial charge is 0.354 e. The SMILES string of the molecule is Cc1ccnc(C(C)C)c1-n1c(=O)nc2c3c(c(Cl)c(-c4c(C)ccc5[nH]ncc45)cc31)OC[C@@H]1CCCCN21. The lowest BCUT2D eigenvalue weighted by atomic mass is 9.95. The molecule has 1 saturated heterocycles. The third-order valence-electron chi connectivity index (χ3n) is 8.40. The maximum Gasteiger partial charge on any atom is 0.354 e. The van der Waals surface area contributed by atoms with Crippen molar-refractivity contribution < 1.29 is 4.74 Å². The number of pyridine rings is 1. The van der Waals surface area contributed by atoms with E-state index in [4.69, 9.17) is 26.3 Å². The number of nitrogens with one attached hydrogen (secondary N) is 1. The van der Waals surface area contributed by atoms with Crippen LogP contribution in [0.15, 0.2) is 41.5 Å². The van der Waals surface area contributed by atoms with Crippen LogP contribution in [0, 0.1) is 13.8 Å². The summed E-state index contributed by atoms with van der Waals surface area (Å²) >= 11 is 7.29. The summed E-state index contributed by atoms with van der Waals surface area (Å²) in [5.41, 5.74) is 6.67. The Balaban J connectivity index is 1.66. The van der Waals surface area contributed by atoms with Crippen molar-refractivity contribution in [2.75, 3.05) is 18.1 Å². The number of benzene rings is 2. The summed E-state index contributed by atoms with van der Waals surface area (Å²) < 4.78 is 8.31. The molecule has 0 saturated carbocycles. The number of anilines is 1. The summed E-state index contributed by atoms with van der Waals surface area (Å²) in [6.45, 7) is 9.57. The van der Waals surface area contributed by atoms with E-state index in [1.54, 1.807) is 10.8 Å². The minimum Gasteiger partial charge on any atom is -0.489 e. The van der Waals surface area contributed by atoms with Crippen LogP contribution in [0.5, 0.6) is 5.75 Å². The predicted octanol–water partition coefficient (Wildman–Crippen LogP) is 6.47. The molecule has 0 amide bonds. The molecule has 8 nitrogen and oxygen atoms in total. The van der Waals surface area contributed by atoms with Gasteiger partial charge in [0.05, 0.1) is 45.1 Å². The fourth-order valence-electron chi connectivity index (χ4n) is 6.46. The highest BCUT2D eigenvalue weighted by Crippen LogP contribution is 2.48. The van der Waals surface area contributed by atoms with Crippen LogP contribution in [0.2, 0.25) is 5.02 Å². The zero-order chi connectivity index (χ0) is 27.7. The van der Waals surface area contributed by atoms with Crippen molar-refractivity contribution in [2.24, 2.45) is 0 Å². The van der Waals surface area contributed by atoms with Gasteiger partial charge in [-0.05, 0) is 73.9 Å². The number of aryl methyl sites for hydroxylation is 2. The van der Waals surface area contributed by atoms with Crippen LogP contribution in [0.4, 0.5) is 5.82 Å². The van der Waals surface area contributed by atoms with Gasteiger partial charge in [0.25, 0.3) is 0 Å². The maximum atomic E-state index is 14.1. The van der Waals surface area contributed by atoms with Crippen LogP contribution in [0.3, 0.4) is 0 Å². The molecule has 1 atom stereocenters. The topological polar surface area (TPSA) is 88.9 Å². The molecule has 0 radical (unpaired) electrons. The number of hydrogen-bond acceptors (Lipinski definition) is 6. The average Bonchev–Trinajstić information content (AvgIpc) is 3.35. The Hall–Kier alpha value is -3.91. The number of hydrogen-bond donors (Lipinski definition) is 1. The van der Waals surface area contributed by atoms with Crippen molar-refractivity contribution >= 4 is 39.2 Å². The van der Waals surface area contributed by atoms with Crippen LogP contribution < -0.4 is 15.3 Å². The number of nitrogens with zero attached hydrogens (tertiary/aromatic N) is 5. The lowest BCUT2D eigenvalue weighted by molar-refractivity contribution is 0.268. The Morgan fingerprint density at radius 3 is 2.83 bits per heavy atom. The van der Waals surface area contributed by atoms with Gasteiger partial charge in [-0.3, -0.25) is 14.6 Å². The molecule has 40 heavy (non-hydrogen) atoms. The molecule has 9 heteroatoms. The highest BCUT2D eigenvalue weighted by Gasteiger charge is 2.34. The van der Waals surface area contributed by atoms with Gasteiger partial charge in [0.1, 0.15) is 12.4 Å². The first-order chi connectivity index (χ1) is 19.3. The largest absolute Gasteiger partial charge is 0.489 e. The Kier molecular flexibility index (Phi) is 5.85. The average molecular weight is 555 g/mol. The summed E-state index contributed by atoms with van der Waals surface area (Å²) in [6.07, 6.45) is 6.77. The number of piperidine rings is 1. The van der Waals surface area contributed by atoms with E-state index >= 15 is 0 Å². The minimum absolute atomic E-state index is 0.100. The van der Waals surface area contributed by atoms with E-state index in [1.807, 2.05) is 31.3 Å². The molecule has 2 aromatic carbocycles. The normalized spacial score (nSPS) is 16.9. The number of aromatic amines is 1. The van der Waals surface area contributed by atoms with Gasteiger partial charge in [-0.15, -0.1) is 0 Å². The van der Waals surface area contributed by atoms with Gasteiger partial charge >= 0.3 is 5.69 Å². The van der Waals surface area contributed by atoms with Gasteiger partial charge in [0.2, 0.25) is 0 Å². The van der Waals surface area contributed by atoms with E-state index in [9.17, 15) is 4.79 Å². The maximum absolute atomic E-state index is 14.1. The molecule has 0 bridgehead atoms. The third kappa shape index (κ3) is 3.65. The zero-order valence-corrected chi connectivity index (χ0v) is 23.8. The summed E-state index contributed by atoms with van der Waals surface area (Å²) in [4.78, 5) is 25.9. The second kappa shape index (κ2) is 9.34. The summed E-state index contributed by atoms with van der Waals surface area (Å²) in [6, 6.07) is 8.19. The van der Waals surface area contributed by atoms with Crippen LogP contribution in [0.1, 0.15) is 55.8 Å². The monoisotopic (exact) mass is 554 g/mol. The molecule has 2 aliphatic rings. The summed E-state index contributed by atoms with van der Waals surface area (Å²) in [7, 11) is 0. The highest BCUT2D eigenvalue weighted by molar-refractivity contribution is 6.37. The van der Waals surface area contributed by atoms with Gasteiger partial charge in [0.15, 0.2) is 5.75 Å². The minimum atomic E-state index is -0.329. The molecule has 0 unspecified atom stereocenters. The summed E-state index contributed by atoms with van der Waals surface area (Å²) in [5.74, 6) is 1.34. The van der Waals surface area contributed by atoms with Crippen LogP contribution in [-0.4, -0.2) is 43.9 Å². The number of ether oxygens (including phenoxy) is 1. The molecular weight excluding hydrogens is 524 g/mol. The highest BCUT2D eigenvalue weighted by atomic mass is 35.5. The van der Waals surface area contributed by atoms with Crippen molar-refractivity contribution in [1.29, 1.82) is 0 Å². The summed E-state index contributed by atoms with van der Waals surface area (Å²) in [5, 5.41) is 9.62. The zero-order valence-electron chi connectivity index (χ0n) is 23.1. The molecule has 1 fully saturated rings. The Morgan fingerprint density at radius 1 is 1.15 bits per heavy atom. The van der Waals surface area contributed by atoms with Gasteiger partial charge in [-0.1, -0.05) is 31.5 Å². The quantitative estimate of drug-likeness (QED) is 0.275. The Morgan fingerprint density at radius 2 is 2.00 bits per heavy atom. The van der Waals surface area contributed by atoms with Crippen molar-refractivity contribution in [2.45, 2.75) is 58.9 Å². The predicted molar refractivity (Wildman–Crippen MR) is 159 cm³/mol. The molecular formula is C31H31ClN6O2. The fourth-order valence-corrected chi connectivity index (χ4v) is 6.75. The van der Waals surface area contributed by atoms with Crippen LogP contribution >= 0.6 is 11.6 Å². The Labute approximate surface area is 237 Å². The molecule has 1 N–H and O–H groups in total. The molecule has 0 aliphatic carbocycles. The van der Waals surface area contributed by atoms with E-state index < -0.39 is 0 Å². The molecule has 7 rings (SSSR count). The molecule has 2 aliphatic heterocycles. The van der Waals surface area contributed by atoms with Crippen molar-refractivity contribution in [3.05, 3.63) is 69.0 Å².